The monoisotopic (exact) mass is 255 g/mol. The topological polar surface area (TPSA) is 114 Å². The lowest BCUT2D eigenvalue weighted by Crippen LogP contribution is -2.58. The van der Waals surface area contributed by atoms with E-state index in [0.717, 1.165) is 0 Å². The molecule has 0 radical (unpaired) electrons. The minimum Gasteiger partial charge on any atom is -0.545 e. The summed E-state index contributed by atoms with van der Waals surface area (Å²) in [4.78, 5) is 10.7. The van der Waals surface area contributed by atoms with Gasteiger partial charge in [0.05, 0.1) is 18.1 Å². The number of carboxylic acid groups (broad SMARTS) is 1. The molecule has 4 atom stereocenters. The predicted molar refractivity (Wildman–Crippen MR) is 54.0 cm³/mol. The number of aromatic carboxylic acids is 1. The summed E-state index contributed by atoms with van der Waals surface area (Å²) in [6.45, 7) is -0.147. The molecule has 7 heteroatoms. The Morgan fingerprint density at radius 1 is 1.39 bits per heavy atom. The van der Waals surface area contributed by atoms with Gasteiger partial charge in [-0.25, -0.2) is 0 Å². The van der Waals surface area contributed by atoms with Crippen LogP contribution in [0.25, 0.3) is 0 Å². The molecule has 98 valence electrons. The van der Waals surface area contributed by atoms with Gasteiger partial charge >= 0.3 is 0 Å². The summed E-state index contributed by atoms with van der Waals surface area (Å²) in [6.07, 6.45) is -2.10. The molecule has 0 unspecified atom stereocenters. The molecule has 0 aromatic carbocycles. The van der Waals surface area contributed by atoms with E-state index >= 15 is 0 Å². The second kappa shape index (κ2) is 4.99. The summed E-state index contributed by atoms with van der Waals surface area (Å²) in [5.41, 5.74) is -0.0751. The molecule has 0 bridgehead atoms. The Hall–Kier alpha value is -1.54. The molecule has 1 fully saturated rings. The SMILES string of the molecule is O=C([O-])c1ccc[n+]([C@@H]2OC[C@H](O)[C@H](O)[C@H]2O)c1. The molecule has 3 N–H and O–H groups in total. The number of pyridine rings is 1. The molecule has 18 heavy (non-hydrogen) atoms. The number of carbonyl (C=O) groups is 1. The third-order valence-corrected chi connectivity index (χ3v) is 2.83. The highest BCUT2D eigenvalue weighted by Crippen LogP contribution is 2.19. The highest BCUT2D eigenvalue weighted by atomic mass is 16.5. The van der Waals surface area contributed by atoms with Gasteiger partial charge in [-0.1, -0.05) is 0 Å². The standard InChI is InChI=1S/C11H13NO6/c13-7-5-18-10(9(15)8(7)14)12-3-1-2-6(4-12)11(16)17/h1-4,7-10,13-15H,5H2/t7-,8-,9+,10+/m0/s1. The van der Waals surface area contributed by atoms with Gasteiger partial charge in [-0.2, -0.15) is 4.57 Å². The third kappa shape index (κ3) is 2.34. The number of carbonyl (C=O) groups excluding carboxylic acids is 1. The first-order chi connectivity index (χ1) is 8.50. The molecule has 1 aliphatic heterocycles. The van der Waals surface area contributed by atoms with Crippen LogP contribution >= 0.6 is 0 Å². The van der Waals surface area contributed by atoms with Gasteiger partial charge in [0.2, 0.25) is 0 Å². The van der Waals surface area contributed by atoms with Crippen LogP contribution in [0.2, 0.25) is 0 Å². The van der Waals surface area contributed by atoms with Crippen LogP contribution < -0.4 is 9.67 Å². The lowest BCUT2D eigenvalue weighted by Gasteiger charge is -2.31. The Balaban J connectivity index is 2.26. The molecule has 1 aromatic rings. The lowest BCUT2D eigenvalue weighted by atomic mass is 10.0. The zero-order valence-electron chi connectivity index (χ0n) is 9.34. The number of aromatic nitrogens is 1. The number of nitrogens with zero attached hydrogens (tertiary/aromatic N) is 1. The summed E-state index contributed by atoms with van der Waals surface area (Å²) < 4.78 is 6.49. The maximum Gasteiger partial charge on any atom is 0.291 e. The molecule has 1 aromatic heterocycles. The van der Waals surface area contributed by atoms with Crippen LogP contribution in [0.15, 0.2) is 24.5 Å². The molecular formula is C11H13NO6. The maximum atomic E-state index is 10.7. The van der Waals surface area contributed by atoms with Crippen LogP contribution in [-0.2, 0) is 4.74 Å². The largest absolute Gasteiger partial charge is 0.545 e. The number of ether oxygens (including phenoxy) is 1. The highest BCUT2D eigenvalue weighted by Gasteiger charge is 2.43. The van der Waals surface area contributed by atoms with Gasteiger partial charge in [0.25, 0.3) is 6.23 Å². The summed E-state index contributed by atoms with van der Waals surface area (Å²) in [6, 6.07) is 2.80. The average Bonchev–Trinajstić information content (AvgIpc) is 2.36. The molecule has 7 nitrogen and oxygen atoms in total. The number of aliphatic hydroxyl groups excluding tert-OH is 3. The van der Waals surface area contributed by atoms with Crippen molar-refractivity contribution in [2.24, 2.45) is 0 Å². The zero-order chi connectivity index (χ0) is 13.3. The van der Waals surface area contributed by atoms with Crippen molar-refractivity contribution in [3.63, 3.8) is 0 Å². The van der Waals surface area contributed by atoms with Crippen LogP contribution in [0.5, 0.6) is 0 Å². The van der Waals surface area contributed by atoms with Crippen molar-refractivity contribution >= 4 is 5.97 Å². The second-order valence-electron chi connectivity index (χ2n) is 4.10. The van der Waals surface area contributed by atoms with Gasteiger partial charge < -0.3 is 30.0 Å². The molecular weight excluding hydrogens is 242 g/mol. The van der Waals surface area contributed by atoms with Crippen LogP contribution in [0, 0.1) is 0 Å². The van der Waals surface area contributed by atoms with Gasteiger partial charge in [-0.15, -0.1) is 0 Å². The van der Waals surface area contributed by atoms with Crippen molar-refractivity contribution in [1.82, 2.24) is 0 Å². The zero-order valence-corrected chi connectivity index (χ0v) is 9.34. The van der Waals surface area contributed by atoms with E-state index in [1.807, 2.05) is 0 Å². The Kier molecular flexibility index (Phi) is 3.58. The van der Waals surface area contributed by atoms with E-state index in [2.05, 4.69) is 0 Å². The fourth-order valence-electron chi connectivity index (χ4n) is 1.82. The number of hydrogen-bond acceptors (Lipinski definition) is 6. The van der Waals surface area contributed by atoms with E-state index in [9.17, 15) is 25.2 Å². The first-order valence-corrected chi connectivity index (χ1v) is 5.38. The summed E-state index contributed by atoms with van der Waals surface area (Å²) in [5.74, 6) is -1.35. The fourth-order valence-corrected chi connectivity index (χ4v) is 1.82. The molecule has 1 aliphatic rings. The van der Waals surface area contributed by atoms with Crippen molar-refractivity contribution in [3.8, 4) is 0 Å². The highest BCUT2D eigenvalue weighted by molar-refractivity contribution is 5.84. The second-order valence-corrected chi connectivity index (χ2v) is 4.10. The smallest absolute Gasteiger partial charge is 0.291 e. The van der Waals surface area contributed by atoms with Gasteiger partial charge in [-0.3, -0.25) is 0 Å². The van der Waals surface area contributed by atoms with Crippen molar-refractivity contribution in [2.75, 3.05) is 6.61 Å². The van der Waals surface area contributed by atoms with E-state index in [-0.39, 0.29) is 12.2 Å². The van der Waals surface area contributed by atoms with Crippen molar-refractivity contribution in [3.05, 3.63) is 30.1 Å². The van der Waals surface area contributed by atoms with Crippen molar-refractivity contribution in [2.45, 2.75) is 24.5 Å². The Morgan fingerprint density at radius 2 is 2.11 bits per heavy atom. The molecule has 0 aliphatic carbocycles. The number of aliphatic hydroxyl groups is 3. The maximum absolute atomic E-state index is 10.7. The summed E-state index contributed by atoms with van der Waals surface area (Å²) in [7, 11) is 0. The molecule has 0 spiro atoms. The van der Waals surface area contributed by atoms with Gasteiger partial charge in [0, 0.05) is 6.07 Å². The lowest BCUT2D eigenvalue weighted by molar-refractivity contribution is -0.775. The van der Waals surface area contributed by atoms with Crippen LogP contribution in [-0.4, -0.2) is 46.2 Å². The molecule has 2 rings (SSSR count). The molecule has 1 saturated heterocycles. The van der Waals surface area contributed by atoms with Crippen LogP contribution in [0.4, 0.5) is 0 Å². The van der Waals surface area contributed by atoms with Crippen LogP contribution in [0.3, 0.4) is 0 Å². The fraction of sp³-hybridized carbons (Fsp3) is 0.455. The van der Waals surface area contributed by atoms with Crippen molar-refractivity contribution < 1.29 is 34.5 Å². The van der Waals surface area contributed by atoms with E-state index in [0.29, 0.717) is 0 Å². The van der Waals surface area contributed by atoms with E-state index in [1.54, 1.807) is 0 Å². The average molecular weight is 255 g/mol. The Morgan fingerprint density at radius 3 is 2.78 bits per heavy atom. The molecule has 0 saturated carbocycles. The minimum atomic E-state index is -1.35. The number of carboxylic acids is 1. The number of hydrogen-bond donors (Lipinski definition) is 3. The van der Waals surface area contributed by atoms with Crippen molar-refractivity contribution in [1.29, 1.82) is 0 Å². The Bertz CT molecular complexity index is 451. The third-order valence-electron chi connectivity index (χ3n) is 2.83. The van der Waals surface area contributed by atoms with Gasteiger partial charge in [0.15, 0.2) is 18.5 Å². The van der Waals surface area contributed by atoms with Gasteiger partial charge in [-0.05, 0) is 6.07 Å². The Labute approximate surface area is 102 Å². The minimum absolute atomic E-state index is 0.0751. The summed E-state index contributed by atoms with van der Waals surface area (Å²) in [5, 5.41) is 39.3. The summed E-state index contributed by atoms with van der Waals surface area (Å²) >= 11 is 0. The predicted octanol–water partition coefficient (Wildman–Crippen LogP) is -3.05. The number of rotatable bonds is 2. The molecule has 2 heterocycles. The van der Waals surface area contributed by atoms with Gasteiger partial charge in [0.1, 0.15) is 12.2 Å². The molecule has 0 amide bonds. The normalized spacial score (nSPS) is 32.2. The quantitative estimate of drug-likeness (QED) is 0.484. The van der Waals surface area contributed by atoms with E-state index in [1.165, 1.54) is 29.1 Å². The van der Waals surface area contributed by atoms with Crippen LogP contribution in [0.1, 0.15) is 16.6 Å². The first kappa shape index (κ1) is 12.9. The van der Waals surface area contributed by atoms with E-state index < -0.39 is 30.5 Å². The first-order valence-electron chi connectivity index (χ1n) is 5.38. The van der Waals surface area contributed by atoms with E-state index in [4.69, 9.17) is 4.74 Å².